The number of hydrogen-bond donors (Lipinski definition) is 3. The maximum absolute atomic E-state index is 13.7. The predicted octanol–water partition coefficient (Wildman–Crippen LogP) is 3.96. The molecule has 9 nitrogen and oxygen atoms in total. The first kappa shape index (κ1) is 28.3. The van der Waals surface area contributed by atoms with Gasteiger partial charge in [0, 0.05) is 17.9 Å². The van der Waals surface area contributed by atoms with Crippen LogP contribution in [0.2, 0.25) is 0 Å². The number of carboxylic acid groups (broad SMARTS) is 1. The van der Waals surface area contributed by atoms with Gasteiger partial charge in [0.1, 0.15) is 11.6 Å². The van der Waals surface area contributed by atoms with E-state index in [1.54, 1.807) is 6.92 Å². The Hall–Kier alpha value is -3.30. The Labute approximate surface area is 217 Å². The van der Waals surface area contributed by atoms with Gasteiger partial charge in [0.2, 0.25) is 11.9 Å². The fourth-order valence-electron chi connectivity index (χ4n) is 5.23. The van der Waals surface area contributed by atoms with E-state index in [2.05, 4.69) is 10.6 Å². The molecule has 0 spiro atoms. The second-order valence-corrected chi connectivity index (χ2v) is 9.94. The lowest BCUT2D eigenvalue weighted by molar-refractivity contribution is -0.536. The van der Waals surface area contributed by atoms with Gasteiger partial charge in [-0.25, -0.2) is 0 Å². The van der Waals surface area contributed by atoms with Gasteiger partial charge in [-0.2, -0.15) is 0 Å². The Bertz CT molecular complexity index is 1050. The van der Waals surface area contributed by atoms with Crippen molar-refractivity contribution < 1.29 is 24.4 Å². The molecule has 1 saturated heterocycles. The molecule has 1 aliphatic heterocycles. The summed E-state index contributed by atoms with van der Waals surface area (Å²) in [6, 6.07) is 16.9. The molecule has 2 aromatic rings. The van der Waals surface area contributed by atoms with Gasteiger partial charge in [-0.15, -0.1) is 0 Å². The van der Waals surface area contributed by atoms with Crippen LogP contribution >= 0.6 is 0 Å². The Morgan fingerprint density at radius 3 is 2.35 bits per heavy atom. The lowest BCUT2D eigenvalue weighted by Gasteiger charge is -2.37. The van der Waals surface area contributed by atoms with E-state index in [1.165, 1.54) is 0 Å². The number of nitrogens with zero attached hydrogens (tertiary/aromatic N) is 1. The highest BCUT2D eigenvalue weighted by molar-refractivity contribution is 5.87. The van der Waals surface area contributed by atoms with E-state index < -0.39 is 41.5 Å². The first-order valence-electron chi connectivity index (χ1n) is 12.8. The van der Waals surface area contributed by atoms with Crippen molar-refractivity contribution in [1.29, 1.82) is 0 Å². The number of carboxylic acids is 1. The summed E-state index contributed by atoms with van der Waals surface area (Å²) in [5.41, 5.74) is 0.341. The smallest absolute Gasteiger partial charge is 0.303 e. The van der Waals surface area contributed by atoms with Crippen LogP contribution in [-0.2, 0) is 20.9 Å². The number of aliphatic carboxylic acids is 1. The van der Waals surface area contributed by atoms with Crippen molar-refractivity contribution in [3.63, 3.8) is 0 Å². The highest BCUT2D eigenvalue weighted by Gasteiger charge is 2.64. The molecule has 5 unspecified atom stereocenters. The summed E-state index contributed by atoms with van der Waals surface area (Å²) in [7, 11) is 0. The van der Waals surface area contributed by atoms with E-state index >= 15 is 0 Å². The molecule has 3 N–H and O–H groups in total. The van der Waals surface area contributed by atoms with E-state index in [0.29, 0.717) is 6.42 Å². The lowest BCUT2D eigenvalue weighted by Crippen LogP contribution is -2.60. The second-order valence-electron chi connectivity index (χ2n) is 9.94. The fraction of sp³-hybridized carbons (Fsp3) is 0.500. The van der Waals surface area contributed by atoms with E-state index in [4.69, 9.17) is 9.84 Å². The summed E-state index contributed by atoms with van der Waals surface area (Å²) >= 11 is 0. The van der Waals surface area contributed by atoms with Crippen LogP contribution < -0.4 is 10.6 Å². The quantitative estimate of drug-likeness (QED) is 0.211. The highest BCUT2D eigenvalue weighted by Crippen LogP contribution is 2.45. The zero-order valence-corrected chi connectivity index (χ0v) is 21.6. The SMILES string of the molecule is CC[C@H](C)C(OCc1ccccc1)C1C([N+](=O)[O-])C(c2ccccc2)NC1(C)C(=O)NCCCC(=O)O. The largest absolute Gasteiger partial charge is 0.481 e. The van der Waals surface area contributed by atoms with Crippen LogP contribution in [0.15, 0.2) is 60.7 Å². The summed E-state index contributed by atoms with van der Waals surface area (Å²) in [5, 5.41) is 27.7. The Morgan fingerprint density at radius 2 is 1.78 bits per heavy atom. The highest BCUT2D eigenvalue weighted by atomic mass is 16.6. The van der Waals surface area contributed by atoms with Gasteiger partial charge < -0.3 is 15.2 Å². The van der Waals surface area contributed by atoms with Crippen LogP contribution in [0.4, 0.5) is 0 Å². The summed E-state index contributed by atoms with van der Waals surface area (Å²) in [5.74, 6) is -2.19. The number of rotatable bonds is 13. The number of carbonyl (C=O) groups excluding carboxylic acids is 1. The van der Waals surface area contributed by atoms with Crippen LogP contribution in [0.3, 0.4) is 0 Å². The number of carbonyl (C=O) groups is 2. The van der Waals surface area contributed by atoms with Gasteiger partial charge in [-0.1, -0.05) is 80.9 Å². The molecule has 0 radical (unpaired) electrons. The van der Waals surface area contributed by atoms with Crippen molar-refractivity contribution in [2.75, 3.05) is 6.54 Å². The van der Waals surface area contributed by atoms with Crippen LogP contribution in [0, 0.1) is 22.0 Å². The van der Waals surface area contributed by atoms with Crippen molar-refractivity contribution in [1.82, 2.24) is 10.6 Å². The van der Waals surface area contributed by atoms with E-state index in [-0.39, 0.29) is 36.8 Å². The zero-order valence-electron chi connectivity index (χ0n) is 21.6. The van der Waals surface area contributed by atoms with Crippen molar-refractivity contribution in [3.8, 4) is 0 Å². The molecule has 0 saturated carbocycles. The lowest BCUT2D eigenvalue weighted by atomic mass is 9.74. The summed E-state index contributed by atoms with van der Waals surface area (Å²) in [4.78, 5) is 36.9. The molecule has 1 aliphatic rings. The van der Waals surface area contributed by atoms with Gasteiger partial charge in [0.25, 0.3) is 0 Å². The maximum Gasteiger partial charge on any atom is 0.303 e. The van der Waals surface area contributed by atoms with Crippen LogP contribution in [0.5, 0.6) is 0 Å². The minimum atomic E-state index is -1.33. The number of nitrogens with one attached hydrogen (secondary N) is 2. The van der Waals surface area contributed by atoms with Crippen LogP contribution in [0.1, 0.15) is 57.2 Å². The van der Waals surface area contributed by atoms with Gasteiger partial charge in [-0.3, -0.25) is 25.0 Å². The average Bonchev–Trinajstić information content (AvgIpc) is 3.22. The summed E-state index contributed by atoms with van der Waals surface area (Å²) in [6.07, 6.45) is 0.319. The number of benzene rings is 2. The topological polar surface area (TPSA) is 131 Å². The molecule has 2 aromatic carbocycles. The van der Waals surface area contributed by atoms with Crippen LogP contribution in [-0.4, -0.2) is 46.1 Å². The molecule has 0 bridgehead atoms. The number of hydrogen-bond acceptors (Lipinski definition) is 6. The van der Waals surface area contributed by atoms with E-state index in [9.17, 15) is 19.7 Å². The first-order valence-corrected chi connectivity index (χ1v) is 12.8. The van der Waals surface area contributed by atoms with Crippen molar-refractivity contribution in [3.05, 3.63) is 81.9 Å². The van der Waals surface area contributed by atoms with Gasteiger partial charge in [0.05, 0.1) is 18.6 Å². The predicted molar refractivity (Wildman–Crippen MR) is 139 cm³/mol. The monoisotopic (exact) mass is 511 g/mol. The molecule has 1 fully saturated rings. The normalized spacial score (nSPS) is 24.8. The van der Waals surface area contributed by atoms with Gasteiger partial charge in [-0.05, 0) is 30.4 Å². The molecule has 9 heteroatoms. The minimum Gasteiger partial charge on any atom is -0.481 e. The standard InChI is InChI=1S/C28H37N3O6/c1-4-19(2)26(37-18-20-12-7-5-8-13-20)23-25(31(35)36)24(21-14-9-6-10-15-21)30-28(23,3)27(34)29-17-11-16-22(32)33/h5-10,12-15,19,23-26,30H,4,11,16-18H2,1-3H3,(H,29,34)(H,32,33)/t19-,23?,24?,25?,26?,28?/m0/s1. The van der Waals surface area contributed by atoms with Crippen molar-refractivity contribution in [2.24, 2.45) is 11.8 Å². The second kappa shape index (κ2) is 12.8. The Balaban J connectivity index is 2.00. The molecule has 6 atom stereocenters. The Morgan fingerprint density at radius 1 is 1.16 bits per heavy atom. The summed E-state index contributed by atoms with van der Waals surface area (Å²) in [6.45, 7) is 6.12. The molecule has 1 amide bonds. The minimum absolute atomic E-state index is 0.0633. The van der Waals surface area contributed by atoms with E-state index in [0.717, 1.165) is 11.1 Å². The third-order valence-electron chi connectivity index (χ3n) is 7.40. The molecular formula is C28H37N3O6. The molecule has 3 rings (SSSR count). The molecular weight excluding hydrogens is 474 g/mol. The third-order valence-corrected chi connectivity index (χ3v) is 7.40. The number of ether oxygens (including phenoxy) is 1. The number of nitro groups is 1. The maximum atomic E-state index is 13.7. The molecule has 0 aromatic heterocycles. The molecule has 0 aliphatic carbocycles. The molecule has 1 heterocycles. The van der Waals surface area contributed by atoms with Gasteiger partial charge >= 0.3 is 5.97 Å². The number of amides is 1. The Kier molecular flexibility index (Phi) is 9.77. The van der Waals surface area contributed by atoms with Gasteiger partial charge in [0.15, 0.2) is 0 Å². The van der Waals surface area contributed by atoms with Crippen molar-refractivity contribution >= 4 is 11.9 Å². The van der Waals surface area contributed by atoms with Crippen molar-refractivity contribution in [2.45, 2.75) is 70.4 Å². The fourth-order valence-corrected chi connectivity index (χ4v) is 5.23. The summed E-state index contributed by atoms with van der Waals surface area (Å²) < 4.78 is 6.43. The zero-order chi connectivity index (χ0) is 27.0. The van der Waals surface area contributed by atoms with Crippen LogP contribution in [0.25, 0.3) is 0 Å². The molecule has 200 valence electrons. The van der Waals surface area contributed by atoms with E-state index in [1.807, 2.05) is 74.5 Å². The average molecular weight is 512 g/mol. The first-order chi connectivity index (χ1) is 17.7. The molecule has 37 heavy (non-hydrogen) atoms. The third kappa shape index (κ3) is 6.72.